The maximum absolute atomic E-state index is 12.4. The molecule has 0 heterocycles. The molecule has 0 bridgehead atoms. The highest BCUT2D eigenvalue weighted by atomic mass is 16.6. The minimum atomic E-state index is -0.919. The highest BCUT2D eigenvalue weighted by Gasteiger charge is 2.15. The zero-order valence-corrected chi connectivity index (χ0v) is 19.4. The van der Waals surface area contributed by atoms with E-state index in [2.05, 4.69) is 15.8 Å². The number of hydrazone groups is 1. The molecule has 0 saturated heterocycles. The fourth-order valence-corrected chi connectivity index (χ4v) is 3.42. The van der Waals surface area contributed by atoms with Gasteiger partial charge in [0.25, 0.3) is 0 Å². The fourth-order valence-electron chi connectivity index (χ4n) is 3.42. The smallest absolute Gasteiger partial charge is 0.343 e. The van der Waals surface area contributed by atoms with Crippen LogP contribution in [-0.2, 0) is 9.59 Å². The monoisotopic (exact) mass is 481 g/mol. The van der Waals surface area contributed by atoms with Gasteiger partial charge in [-0.3, -0.25) is 9.59 Å². The molecule has 0 unspecified atom stereocenters. The van der Waals surface area contributed by atoms with Crippen LogP contribution in [0, 0.1) is 0 Å². The zero-order valence-electron chi connectivity index (χ0n) is 19.4. The predicted octanol–water partition coefficient (Wildman–Crippen LogP) is 4.55. The molecule has 0 aliphatic rings. The molecule has 0 aliphatic heterocycles. The first-order valence-electron chi connectivity index (χ1n) is 11.2. The first-order valence-corrected chi connectivity index (χ1v) is 11.2. The summed E-state index contributed by atoms with van der Waals surface area (Å²) < 4.78 is 11.1. The summed E-state index contributed by atoms with van der Waals surface area (Å²) in [6, 6.07) is 26.4. The van der Waals surface area contributed by atoms with E-state index in [1.54, 1.807) is 61.5 Å². The fraction of sp³-hybridized carbons (Fsp3) is 0.0714. The normalized spacial score (nSPS) is 10.7. The second-order valence-electron chi connectivity index (χ2n) is 7.57. The van der Waals surface area contributed by atoms with Gasteiger partial charge in [-0.1, -0.05) is 54.6 Å². The highest BCUT2D eigenvalue weighted by molar-refractivity contribution is 6.40. The van der Waals surface area contributed by atoms with Gasteiger partial charge in [0.15, 0.2) is 11.5 Å². The number of hydrogen-bond acceptors (Lipinski definition) is 6. The molecule has 0 radical (unpaired) electrons. The number of rotatable bonds is 7. The van der Waals surface area contributed by atoms with Crippen molar-refractivity contribution < 1.29 is 23.9 Å². The second-order valence-corrected chi connectivity index (χ2v) is 7.57. The molecule has 0 aromatic heterocycles. The van der Waals surface area contributed by atoms with Crippen LogP contribution in [0.25, 0.3) is 10.8 Å². The van der Waals surface area contributed by atoms with Crippen LogP contribution < -0.4 is 20.2 Å². The van der Waals surface area contributed by atoms with E-state index in [1.165, 1.54) is 6.21 Å². The summed E-state index contributed by atoms with van der Waals surface area (Å²) in [5, 5.41) is 8.22. The van der Waals surface area contributed by atoms with Crippen LogP contribution >= 0.6 is 0 Å². The van der Waals surface area contributed by atoms with Gasteiger partial charge in [0.2, 0.25) is 0 Å². The Morgan fingerprint density at radius 3 is 2.39 bits per heavy atom. The van der Waals surface area contributed by atoms with Crippen molar-refractivity contribution in [3.8, 4) is 11.5 Å². The molecule has 4 aromatic rings. The number of fused-ring (bicyclic) bond motifs is 1. The summed E-state index contributed by atoms with van der Waals surface area (Å²) in [6.07, 6.45) is 1.36. The van der Waals surface area contributed by atoms with Crippen molar-refractivity contribution in [1.82, 2.24) is 5.43 Å². The van der Waals surface area contributed by atoms with Gasteiger partial charge in [-0.05, 0) is 54.3 Å². The molecule has 2 N–H and O–H groups in total. The number of amides is 2. The zero-order chi connectivity index (χ0) is 25.3. The van der Waals surface area contributed by atoms with Crippen LogP contribution in [0.2, 0.25) is 0 Å². The molecule has 36 heavy (non-hydrogen) atoms. The van der Waals surface area contributed by atoms with Gasteiger partial charge in [-0.25, -0.2) is 10.2 Å². The van der Waals surface area contributed by atoms with Gasteiger partial charge in [-0.15, -0.1) is 0 Å². The Morgan fingerprint density at radius 1 is 0.833 bits per heavy atom. The van der Waals surface area contributed by atoms with Crippen LogP contribution in [0.4, 0.5) is 5.69 Å². The quantitative estimate of drug-likeness (QED) is 0.132. The Kier molecular flexibility index (Phi) is 7.67. The summed E-state index contributed by atoms with van der Waals surface area (Å²) in [7, 11) is 0. The summed E-state index contributed by atoms with van der Waals surface area (Å²) in [4.78, 5) is 37.0. The third-order valence-electron chi connectivity index (χ3n) is 5.10. The maximum Gasteiger partial charge on any atom is 0.343 e. The van der Waals surface area contributed by atoms with Crippen molar-refractivity contribution in [3.63, 3.8) is 0 Å². The standard InChI is InChI=1S/C28H23N3O5/c1-2-35-25-17-19(15-16-24(25)36-28(34)21-10-4-3-5-11-21)18-29-31-27(33)26(32)30-23-14-8-12-20-9-6-7-13-22(20)23/h3-18H,2H2,1H3,(H,30,32)(H,31,33)/b29-18+. The van der Waals surface area contributed by atoms with Gasteiger partial charge < -0.3 is 14.8 Å². The van der Waals surface area contributed by atoms with Crippen LogP contribution in [-0.4, -0.2) is 30.6 Å². The van der Waals surface area contributed by atoms with Crippen LogP contribution in [0.1, 0.15) is 22.8 Å². The van der Waals surface area contributed by atoms with Gasteiger partial charge in [-0.2, -0.15) is 5.10 Å². The van der Waals surface area contributed by atoms with Crippen molar-refractivity contribution in [2.75, 3.05) is 11.9 Å². The van der Waals surface area contributed by atoms with E-state index < -0.39 is 17.8 Å². The molecule has 0 atom stereocenters. The van der Waals surface area contributed by atoms with E-state index >= 15 is 0 Å². The average molecular weight is 482 g/mol. The summed E-state index contributed by atoms with van der Waals surface area (Å²) >= 11 is 0. The molecule has 180 valence electrons. The lowest BCUT2D eigenvalue weighted by Gasteiger charge is -2.11. The first-order chi connectivity index (χ1) is 17.5. The third kappa shape index (κ3) is 5.92. The number of nitrogens with zero attached hydrogens (tertiary/aromatic N) is 1. The average Bonchev–Trinajstić information content (AvgIpc) is 2.91. The van der Waals surface area contributed by atoms with E-state index in [-0.39, 0.29) is 5.75 Å². The number of carbonyl (C=O) groups excluding carboxylic acids is 3. The molecule has 4 rings (SSSR count). The molecule has 4 aromatic carbocycles. The second kappa shape index (κ2) is 11.4. The molecule has 0 aliphatic carbocycles. The number of esters is 1. The molecule has 2 amide bonds. The van der Waals surface area contributed by atoms with Gasteiger partial charge in [0, 0.05) is 11.1 Å². The van der Waals surface area contributed by atoms with Crippen LogP contribution in [0.5, 0.6) is 11.5 Å². The Balaban J connectivity index is 1.40. The van der Waals surface area contributed by atoms with E-state index in [0.717, 1.165) is 10.8 Å². The number of anilines is 1. The molecule has 8 heteroatoms. The Labute approximate surface area is 207 Å². The van der Waals surface area contributed by atoms with E-state index in [9.17, 15) is 14.4 Å². The lowest BCUT2D eigenvalue weighted by atomic mass is 10.1. The molecule has 8 nitrogen and oxygen atoms in total. The number of ether oxygens (including phenoxy) is 2. The topological polar surface area (TPSA) is 106 Å². The highest BCUT2D eigenvalue weighted by Crippen LogP contribution is 2.29. The number of carbonyl (C=O) groups is 3. The Hall–Kier alpha value is -4.98. The van der Waals surface area contributed by atoms with Crippen molar-refractivity contribution in [2.24, 2.45) is 5.10 Å². The lowest BCUT2D eigenvalue weighted by molar-refractivity contribution is -0.136. The van der Waals surface area contributed by atoms with E-state index in [0.29, 0.717) is 29.2 Å². The van der Waals surface area contributed by atoms with Crippen molar-refractivity contribution in [1.29, 1.82) is 0 Å². The molecule has 0 fully saturated rings. The van der Waals surface area contributed by atoms with Crippen molar-refractivity contribution in [2.45, 2.75) is 6.92 Å². The van der Waals surface area contributed by atoms with Crippen molar-refractivity contribution >= 4 is 40.5 Å². The summed E-state index contributed by atoms with van der Waals surface area (Å²) in [5.41, 5.74) is 3.71. The van der Waals surface area contributed by atoms with Gasteiger partial charge >= 0.3 is 17.8 Å². The SMILES string of the molecule is CCOc1cc(/C=N/NC(=O)C(=O)Nc2cccc3ccccc23)ccc1OC(=O)c1ccccc1. The predicted molar refractivity (Wildman–Crippen MR) is 137 cm³/mol. The molecule has 0 spiro atoms. The Bertz CT molecular complexity index is 1430. The van der Waals surface area contributed by atoms with Crippen LogP contribution in [0.3, 0.4) is 0 Å². The molecular formula is C28H23N3O5. The van der Waals surface area contributed by atoms with Crippen molar-refractivity contribution in [3.05, 3.63) is 102 Å². The number of nitrogens with one attached hydrogen (secondary N) is 2. The maximum atomic E-state index is 12.4. The summed E-state index contributed by atoms with van der Waals surface area (Å²) in [5.74, 6) is -1.69. The lowest BCUT2D eigenvalue weighted by Crippen LogP contribution is -2.32. The first kappa shape index (κ1) is 24.2. The van der Waals surface area contributed by atoms with E-state index in [1.807, 2.05) is 36.4 Å². The summed E-state index contributed by atoms with van der Waals surface area (Å²) in [6.45, 7) is 2.15. The van der Waals surface area contributed by atoms with Gasteiger partial charge in [0.05, 0.1) is 18.4 Å². The van der Waals surface area contributed by atoms with E-state index in [4.69, 9.17) is 9.47 Å². The number of hydrogen-bond donors (Lipinski definition) is 2. The van der Waals surface area contributed by atoms with Gasteiger partial charge in [0.1, 0.15) is 0 Å². The largest absolute Gasteiger partial charge is 0.490 e. The third-order valence-corrected chi connectivity index (χ3v) is 5.10. The minimum absolute atomic E-state index is 0.251. The minimum Gasteiger partial charge on any atom is -0.490 e. The number of benzene rings is 4. The molecular weight excluding hydrogens is 458 g/mol. The molecule has 0 saturated carbocycles. The Morgan fingerprint density at radius 2 is 1.58 bits per heavy atom. The van der Waals surface area contributed by atoms with Crippen LogP contribution in [0.15, 0.2) is 96.1 Å².